The molecule has 0 saturated carbocycles. The second kappa shape index (κ2) is 5.28. The van der Waals surface area contributed by atoms with Gasteiger partial charge in [-0.3, -0.25) is 0 Å². The van der Waals surface area contributed by atoms with E-state index in [1.54, 1.807) is 6.33 Å². The lowest BCUT2D eigenvalue weighted by Crippen LogP contribution is -2.04. The highest BCUT2D eigenvalue weighted by atomic mass is 16.5. The van der Waals surface area contributed by atoms with Gasteiger partial charge in [0.25, 0.3) is 0 Å². The van der Waals surface area contributed by atoms with Crippen LogP contribution < -0.4 is 16.2 Å². The molecule has 2 aromatic heterocycles. The van der Waals surface area contributed by atoms with Crippen LogP contribution in [-0.4, -0.2) is 26.1 Å². The van der Waals surface area contributed by atoms with Crippen molar-refractivity contribution in [2.24, 2.45) is 0 Å². The summed E-state index contributed by atoms with van der Waals surface area (Å²) < 4.78 is 7.52. The molecule has 0 aliphatic rings. The minimum atomic E-state index is 0.372. The highest BCUT2D eigenvalue weighted by molar-refractivity contribution is 5.81. The SMILES string of the molecule is CCOc1ccc(N)cc1Cn1cnc2c(N)ncnc21. The number of nitrogens with two attached hydrogens (primary N) is 2. The van der Waals surface area contributed by atoms with Gasteiger partial charge in [-0.15, -0.1) is 0 Å². The van der Waals surface area contributed by atoms with Gasteiger partial charge in [0.2, 0.25) is 0 Å². The summed E-state index contributed by atoms with van der Waals surface area (Å²) in [6.45, 7) is 3.09. The summed E-state index contributed by atoms with van der Waals surface area (Å²) in [5.74, 6) is 1.17. The molecule has 7 heteroatoms. The number of ether oxygens (including phenoxy) is 1. The largest absolute Gasteiger partial charge is 0.494 e. The third-order valence-corrected chi connectivity index (χ3v) is 3.15. The van der Waals surface area contributed by atoms with Gasteiger partial charge in [-0.05, 0) is 25.1 Å². The molecule has 0 amide bonds. The summed E-state index contributed by atoms with van der Waals surface area (Å²) in [5.41, 5.74) is 14.6. The predicted molar refractivity (Wildman–Crippen MR) is 80.9 cm³/mol. The number of nitrogen functional groups attached to an aromatic ring is 2. The number of fused-ring (bicyclic) bond motifs is 1. The molecule has 0 bridgehead atoms. The molecule has 108 valence electrons. The summed E-state index contributed by atoms with van der Waals surface area (Å²) in [7, 11) is 0. The lowest BCUT2D eigenvalue weighted by Gasteiger charge is -2.12. The Balaban J connectivity index is 2.02. The van der Waals surface area contributed by atoms with E-state index in [1.165, 1.54) is 6.33 Å². The molecule has 2 heterocycles. The fraction of sp³-hybridized carbons (Fsp3) is 0.214. The Morgan fingerprint density at radius 3 is 2.86 bits per heavy atom. The zero-order valence-corrected chi connectivity index (χ0v) is 11.7. The minimum Gasteiger partial charge on any atom is -0.494 e. The topological polar surface area (TPSA) is 105 Å². The van der Waals surface area contributed by atoms with E-state index < -0.39 is 0 Å². The number of nitrogens with zero attached hydrogens (tertiary/aromatic N) is 4. The number of rotatable bonds is 4. The van der Waals surface area contributed by atoms with E-state index in [0.29, 0.717) is 35.8 Å². The average Bonchev–Trinajstić information content (AvgIpc) is 2.87. The molecule has 3 rings (SSSR count). The highest BCUT2D eigenvalue weighted by Gasteiger charge is 2.11. The van der Waals surface area contributed by atoms with Crippen LogP contribution in [0.25, 0.3) is 11.2 Å². The van der Waals surface area contributed by atoms with Gasteiger partial charge in [0.1, 0.15) is 17.6 Å². The van der Waals surface area contributed by atoms with Crippen LogP contribution in [0.2, 0.25) is 0 Å². The van der Waals surface area contributed by atoms with Gasteiger partial charge >= 0.3 is 0 Å². The van der Waals surface area contributed by atoms with Crippen molar-refractivity contribution in [1.82, 2.24) is 19.5 Å². The Hall–Kier alpha value is -2.83. The first kappa shape index (κ1) is 13.2. The first-order chi connectivity index (χ1) is 10.2. The molecule has 7 nitrogen and oxygen atoms in total. The fourth-order valence-electron chi connectivity index (χ4n) is 2.22. The number of benzene rings is 1. The van der Waals surface area contributed by atoms with Gasteiger partial charge < -0.3 is 20.8 Å². The lowest BCUT2D eigenvalue weighted by atomic mass is 10.1. The van der Waals surface area contributed by atoms with Gasteiger partial charge in [-0.25, -0.2) is 15.0 Å². The van der Waals surface area contributed by atoms with Crippen molar-refractivity contribution in [3.8, 4) is 5.75 Å². The summed E-state index contributed by atoms with van der Waals surface area (Å²) in [6, 6.07) is 5.58. The Morgan fingerprint density at radius 2 is 2.05 bits per heavy atom. The fourth-order valence-corrected chi connectivity index (χ4v) is 2.22. The summed E-state index contributed by atoms with van der Waals surface area (Å²) >= 11 is 0. The van der Waals surface area contributed by atoms with E-state index in [1.807, 2.05) is 29.7 Å². The van der Waals surface area contributed by atoms with Crippen molar-refractivity contribution in [2.75, 3.05) is 18.1 Å². The van der Waals surface area contributed by atoms with Crippen LogP contribution in [0, 0.1) is 0 Å². The molecule has 0 fully saturated rings. The third-order valence-electron chi connectivity index (χ3n) is 3.15. The summed E-state index contributed by atoms with van der Waals surface area (Å²) in [4.78, 5) is 12.4. The quantitative estimate of drug-likeness (QED) is 0.702. The van der Waals surface area contributed by atoms with Crippen molar-refractivity contribution in [2.45, 2.75) is 13.5 Å². The standard InChI is InChI=1S/C14H16N6O/c1-2-21-11-4-3-10(15)5-9(11)6-20-8-19-12-13(16)17-7-18-14(12)20/h3-5,7-8H,2,6,15H2,1H3,(H2,16,17,18). The number of aromatic nitrogens is 4. The smallest absolute Gasteiger partial charge is 0.165 e. The maximum atomic E-state index is 5.86. The molecule has 0 radical (unpaired) electrons. The molecule has 0 unspecified atom stereocenters. The molecular formula is C14H16N6O. The van der Waals surface area contributed by atoms with E-state index in [4.69, 9.17) is 16.2 Å². The number of anilines is 2. The van der Waals surface area contributed by atoms with Crippen molar-refractivity contribution >= 4 is 22.7 Å². The van der Waals surface area contributed by atoms with E-state index in [-0.39, 0.29) is 0 Å². The van der Waals surface area contributed by atoms with Crippen LogP contribution in [0.1, 0.15) is 12.5 Å². The van der Waals surface area contributed by atoms with Gasteiger partial charge in [0.05, 0.1) is 19.5 Å². The van der Waals surface area contributed by atoms with Crippen molar-refractivity contribution in [3.05, 3.63) is 36.4 Å². The second-order valence-electron chi connectivity index (χ2n) is 4.60. The summed E-state index contributed by atoms with van der Waals surface area (Å²) in [5, 5.41) is 0. The summed E-state index contributed by atoms with van der Waals surface area (Å²) in [6.07, 6.45) is 3.12. The molecule has 4 N–H and O–H groups in total. The predicted octanol–water partition coefficient (Wildman–Crippen LogP) is 1.44. The van der Waals surface area contributed by atoms with E-state index in [2.05, 4.69) is 15.0 Å². The van der Waals surface area contributed by atoms with Crippen LogP contribution in [0.5, 0.6) is 5.75 Å². The van der Waals surface area contributed by atoms with Crippen LogP contribution in [-0.2, 0) is 6.54 Å². The number of hydrogen-bond acceptors (Lipinski definition) is 6. The first-order valence-corrected chi connectivity index (χ1v) is 6.61. The van der Waals surface area contributed by atoms with Gasteiger partial charge in [-0.1, -0.05) is 0 Å². The molecule has 0 atom stereocenters. The van der Waals surface area contributed by atoms with Crippen molar-refractivity contribution in [1.29, 1.82) is 0 Å². The monoisotopic (exact) mass is 284 g/mol. The molecule has 21 heavy (non-hydrogen) atoms. The Labute approximate surface area is 121 Å². The van der Waals surface area contributed by atoms with Crippen LogP contribution >= 0.6 is 0 Å². The van der Waals surface area contributed by atoms with Crippen LogP contribution in [0.15, 0.2) is 30.9 Å². The Morgan fingerprint density at radius 1 is 1.19 bits per heavy atom. The Kier molecular flexibility index (Phi) is 3.31. The van der Waals surface area contributed by atoms with Crippen LogP contribution in [0.4, 0.5) is 11.5 Å². The lowest BCUT2D eigenvalue weighted by molar-refractivity contribution is 0.336. The van der Waals surface area contributed by atoms with Gasteiger partial charge in [0, 0.05) is 11.3 Å². The first-order valence-electron chi connectivity index (χ1n) is 6.61. The molecule has 1 aromatic carbocycles. The molecular weight excluding hydrogens is 268 g/mol. The number of imidazole rings is 1. The molecule has 0 spiro atoms. The Bertz CT molecular complexity index is 782. The zero-order valence-electron chi connectivity index (χ0n) is 11.7. The maximum absolute atomic E-state index is 5.86. The normalized spacial score (nSPS) is 10.9. The van der Waals surface area contributed by atoms with Crippen molar-refractivity contribution < 1.29 is 4.74 Å². The highest BCUT2D eigenvalue weighted by Crippen LogP contribution is 2.24. The van der Waals surface area contributed by atoms with Gasteiger partial charge in [-0.2, -0.15) is 0 Å². The van der Waals surface area contributed by atoms with E-state index >= 15 is 0 Å². The minimum absolute atomic E-state index is 0.372. The van der Waals surface area contributed by atoms with Crippen molar-refractivity contribution in [3.63, 3.8) is 0 Å². The molecule has 0 aliphatic carbocycles. The zero-order chi connectivity index (χ0) is 14.8. The molecule has 0 saturated heterocycles. The van der Waals surface area contributed by atoms with Gasteiger partial charge in [0.15, 0.2) is 11.5 Å². The number of hydrogen-bond donors (Lipinski definition) is 2. The van der Waals surface area contributed by atoms with E-state index in [0.717, 1.165) is 11.3 Å². The third kappa shape index (κ3) is 2.45. The van der Waals surface area contributed by atoms with Crippen LogP contribution in [0.3, 0.4) is 0 Å². The molecule has 3 aromatic rings. The van der Waals surface area contributed by atoms with E-state index in [9.17, 15) is 0 Å². The second-order valence-corrected chi connectivity index (χ2v) is 4.60. The molecule has 0 aliphatic heterocycles. The average molecular weight is 284 g/mol. The maximum Gasteiger partial charge on any atom is 0.165 e.